The summed E-state index contributed by atoms with van der Waals surface area (Å²) in [5.41, 5.74) is 1.53. The van der Waals surface area contributed by atoms with Gasteiger partial charge in [0.15, 0.2) is 0 Å². The van der Waals surface area contributed by atoms with E-state index >= 15 is 0 Å². The molecule has 0 atom stereocenters. The van der Waals surface area contributed by atoms with Gasteiger partial charge in [0, 0.05) is 30.0 Å². The van der Waals surface area contributed by atoms with Crippen LogP contribution < -0.4 is 4.72 Å². The van der Waals surface area contributed by atoms with Crippen LogP contribution in [0.15, 0.2) is 22.4 Å². The Labute approximate surface area is 156 Å². The third kappa shape index (κ3) is 4.09. The third-order valence-electron chi connectivity index (χ3n) is 3.95. The van der Waals surface area contributed by atoms with Gasteiger partial charge in [0.25, 0.3) is 0 Å². The highest BCUT2D eigenvalue weighted by Crippen LogP contribution is 2.35. The van der Waals surface area contributed by atoms with Crippen molar-refractivity contribution in [2.24, 2.45) is 0 Å². The monoisotopic (exact) mass is 395 g/mol. The SMILES string of the molecule is CCOCCCCNS(=O)(=O)c1sc2ccc(-c3nn[nH]n3)cc2c1C. The molecule has 26 heavy (non-hydrogen) atoms. The fourth-order valence-corrected chi connectivity index (χ4v) is 5.49. The summed E-state index contributed by atoms with van der Waals surface area (Å²) in [6.07, 6.45) is 1.57. The van der Waals surface area contributed by atoms with Gasteiger partial charge < -0.3 is 4.74 Å². The van der Waals surface area contributed by atoms with Crippen molar-refractivity contribution in [3.8, 4) is 11.4 Å². The van der Waals surface area contributed by atoms with E-state index in [0.717, 1.165) is 34.1 Å². The van der Waals surface area contributed by atoms with E-state index in [1.54, 1.807) is 0 Å². The molecule has 0 spiro atoms. The van der Waals surface area contributed by atoms with Crippen molar-refractivity contribution in [1.29, 1.82) is 0 Å². The Bertz CT molecular complexity index is 967. The Hall–Kier alpha value is -1.88. The van der Waals surface area contributed by atoms with E-state index < -0.39 is 10.0 Å². The number of aryl methyl sites for hydroxylation is 1. The second-order valence-electron chi connectivity index (χ2n) is 5.76. The lowest BCUT2D eigenvalue weighted by Crippen LogP contribution is -2.24. The lowest BCUT2D eigenvalue weighted by molar-refractivity contribution is 0.143. The molecule has 0 aliphatic heterocycles. The average molecular weight is 396 g/mol. The molecule has 0 aliphatic carbocycles. The maximum atomic E-state index is 12.7. The van der Waals surface area contributed by atoms with E-state index in [2.05, 4.69) is 25.3 Å². The highest BCUT2D eigenvalue weighted by atomic mass is 32.2. The number of benzene rings is 1. The van der Waals surface area contributed by atoms with Gasteiger partial charge in [-0.25, -0.2) is 13.1 Å². The molecule has 8 nitrogen and oxygen atoms in total. The largest absolute Gasteiger partial charge is 0.382 e. The summed E-state index contributed by atoms with van der Waals surface area (Å²) < 4.78 is 34.5. The van der Waals surface area contributed by atoms with Crippen molar-refractivity contribution in [1.82, 2.24) is 25.3 Å². The van der Waals surface area contributed by atoms with Gasteiger partial charge in [-0.3, -0.25) is 0 Å². The lowest BCUT2D eigenvalue weighted by Gasteiger charge is -2.06. The lowest BCUT2D eigenvalue weighted by atomic mass is 10.1. The standard InChI is InChI=1S/C16H21N5O3S2/c1-3-24-9-5-4-8-17-26(22,23)16-11(2)13-10-12(6-7-14(13)25-16)15-18-20-21-19-15/h6-7,10,17H,3-5,8-9H2,1-2H3,(H,18,19,20,21). The van der Waals surface area contributed by atoms with Gasteiger partial charge in [-0.15, -0.1) is 21.5 Å². The maximum Gasteiger partial charge on any atom is 0.250 e. The summed E-state index contributed by atoms with van der Waals surface area (Å²) >= 11 is 1.27. The van der Waals surface area contributed by atoms with Gasteiger partial charge in [0.05, 0.1) is 0 Å². The molecule has 2 aromatic heterocycles. The topological polar surface area (TPSA) is 110 Å². The molecule has 0 amide bonds. The van der Waals surface area contributed by atoms with Crippen LogP contribution in [0.3, 0.4) is 0 Å². The molecule has 0 saturated carbocycles. The fraction of sp³-hybridized carbons (Fsp3) is 0.438. The Morgan fingerprint density at radius 3 is 2.88 bits per heavy atom. The van der Waals surface area contributed by atoms with Crippen molar-refractivity contribution in [2.45, 2.75) is 30.9 Å². The van der Waals surface area contributed by atoms with E-state index in [1.165, 1.54) is 11.3 Å². The fourth-order valence-electron chi connectivity index (χ4n) is 2.62. The molecule has 2 heterocycles. The Morgan fingerprint density at radius 1 is 1.31 bits per heavy atom. The number of hydrogen-bond donors (Lipinski definition) is 2. The summed E-state index contributed by atoms with van der Waals surface area (Å²) in [6, 6.07) is 5.65. The molecule has 0 fully saturated rings. The highest BCUT2D eigenvalue weighted by molar-refractivity contribution is 7.91. The Kier molecular flexibility index (Phi) is 5.97. The van der Waals surface area contributed by atoms with Gasteiger partial charge in [-0.1, -0.05) is 0 Å². The predicted molar refractivity (Wildman–Crippen MR) is 101 cm³/mol. The van der Waals surface area contributed by atoms with Gasteiger partial charge >= 0.3 is 0 Å². The minimum absolute atomic E-state index is 0.350. The number of aromatic nitrogens is 4. The molecular weight excluding hydrogens is 374 g/mol. The normalized spacial score (nSPS) is 12.1. The van der Waals surface area contributed by atoms with Crippen LogP contribution in [0.5, 0.6) is 0 Å². The number of H-pyrrole nitrogens is 1. The summed E-state index contributed by atoms with van der Waals surface area (Å²) in [6.45, 7) is 5.49. The first kappa shape index (κ1) is 18.9. The molecule has 140 valence electrons. The molecule has 3 aromatic rings. The molecule has 2 N–H and O–H groups in total. The van der Waals surface area contributed by atoms with E-state index in [-0.39, 0.29) is 0 Å². The molecule has 10 heteroatoms. The third-order valence-corrected chi connectivity index (χ3v) is 7.31. The predicted octanol–water partition coefficient (Wildman–Crippen LogP) is 2.48. The number of nitrogens with zero attached hydrogens (tertiary/aromatic N) is 3. The van der Waals surface area contributed by atoms with Crippen LogP contribution in [0.1, 0.15) is 25.3 Å². The van der Waals surface area contributed by atoms with Gasteiger partial charge in [-0.05, 0) is 61.1 Å². The molecule has 3 rings (SSSR count). The van der Waals surface area contributed by atoms with E-state index in [0.29, 0.717) is 29.8 Å². The first-order valence-corrected chi connectivity index (χ1v) is 10.7. The zero-order valence-electron chi connectivity index (χ0n) is 14.7. The summed E-state index contributed by atoms with van der Waals surface area (Å²) in [7, 11) is -3.53. The summed E-state index contributed by atoms with van der Waals surface area (Å²) in [5, 5.41) is 14.8. The summed E-state index contributed by atoms with van der Waals surface area (Å²) in [5.74, 6) is 0.481. The van der Waals surface area contributed by atoms with Crippen LogP contribution in [0.25, 0.3) is 21.5 Å². The van der Waals surface area contributed by atoms with Crippen LogP contribution in [0, 0.1) is 6.92 Å². The molecule has 0 saturated heterocycles. The summed E-state index contributed by atoms with van der Waals surface area (Å²) in [4.78, 5) is 0. The number of tetrazole rings is 1. The van der Waals surface area contributed by atoms with E-state index in [9.17, 15) is 8.42 Å². The molecule has 0 aliphatic rings. The van der Waals surface area contributed by atoms with Crippen molar-refractivity contribution < 1.29 is 13.2 Å². The minimum Gasteiger partial charge on any atom is -0.382 e. The van der Waals surface area contributed by atoms with Crippen LogP contribution in [0.2, 0.25) is 0 Å². The van der Waals surface area contributed by atoms with Crippen LogP contribution in [0.4, 0.5) is 0 Å². The number of unbranched alkanes of at least 4 members (excludes halogenated alkanes) is 1. The zero-order valence-corrected chi connectivity index (χ0v) is 16.3. The number of fused-ring (bicyclic) bond motifs is 1. The quantitative estimate of drug-likeness (QED) is 0.539. The van der Waals surface area contributed by atoms with Crippen molar-refractivity contribution in [2.75, 3.05) is 19.8 Å². The molecule has 0 unspecified atom stereocenters. The number of thiophene rings is 1. The van der Waals surface area contributed by atoms with Crippen molar-refractivity contribution in [3.05, 3.63) is 23.8 Å². The number of hydrogen-bond acceptors (Lipinski definition) is 7. The Morgan fingerprint density at radius 2 is 2.15 bits per heavy atom. The second-order valence-corrected chi connectivity index (χ2v) is 8.78. The van der Waals surface area contributed by atoms with Gasteiger partial charge in [0.1, 0.15) is 4.21 Å². The zero-order chi connectivity index (χ0) is 18.6. The smallest absolute Gasteiger partial charge is 0.250 e. The minimum atomic E-state index is -3.53. The van der Waals surface area contributed by atoms with E-state index in [1.807, 2.05) is 32.0 Å². The Balaban J connectivity index is 1.78. The van der Waals surface area contributed by atoms with Crippen LogP contribution in [-0.2, 0) is 14.8 Å². The number of rotatable bonds is 9. The molecule has 0 bridgehead atoms. The van der Waals surface area contributed by atoms with Crippen molar-refractivity contribution >= 4 is 31.4 Å². The number of aromatic amines is 1. The first-order valence-electron chi connectivity index (χ1n) is 8.37. The van der Waals surface area contributed by atoms with Crippen molar-refractivity contribution in [3.63, 3.8) is 0 Å². The van der Waals surface area contributed by atoms with Crippen LogP contribution in [-0.4, -0.2) is 48.8 Å². The maximum absolute atomic E-state index is 12.7. The first-order chi connectivity index (χ1) is 12.5. The molecule has 0 radical (unpaired) electrons. The number of ether oxygens (including phenoxy) is 1. The van der Waals surface area contributed by atoms with Gasteiger partial charge in [-0.2, -0.15) is 5.21 Å². The molecular formula is C16H21N5O3S2. The second kappa shape index (κ2) is 8.21. The number of sulfonamides is 1. The van der Waals surface area contributed by atoms with Gasteiger partial charge in [0.2, 0.25) is 15.8 Å². The number of nitrogens with one attached hydrogen (secondary N) is 2. The average Bonchev–Trinajstić information content (AvgIpc) is 3.26. The molecule has 1 aromatic carbocycles. The van der Waals surface area contributed by atoms with Crippen LogP contribution >= 0.6 is 11.3 Å². The highest BCUT2D eigenvalue weighted by Gasteiger charge is 2.21. The van der Waals surface area contributed by atoms with E-state index in [4.69, 9.17) is 4.74 Å².